The summed E-state index contributed by atoms with van der Waals surface area (Å²) >= 11 is 0. The number of hydrogen-bond donors (Lipinski definition) is 1. The van der Waals surface area contributed by atoms with E-state index < -0.39 is 0 Å². The van der Waals surface area contributed by atoms with Crippen molar-refractivity contribution >= 4 is 0 Å². The van der Waals surface area contributed by atoms with E-state index in [1.54, 1.807) is 11.1 Å². The zero-order chi connectivity index (χ0) is 13.2. The number of rotatable bonds is 3. The van der Waals surface area contributed by atoms with E-state index >= 15 is 0 Å². The molecule has 2 heterocycles. The normalized spacial score (nSPS) is 29.9. The molecule has 1 N–H and O–H groups in total. The van der Waals surface area contributed by atoms with Crippen molar-refractivity contribution in [1.82, 2.24) is 5.32 Å². The minimum atomic E-state index is 0.717. The molecule has 2 bridgehead atoms. The second-order valence-corrected chi connectivity index (χ2v) is 6.96. The van der Waals surface area contributed by atoms with Gasteiger partial charge in [0, 0.05) is 12.1 Å². The van der Waals surface area contributed by atoms with E-state index in [9.17, 15) is 0 Å². The monoisotopic (exact) mass is 257 g/mol. The van der Waals surface area contributed by atoms with Crippen molar-refractivity contribution < 1.29 is 0 Å². The van der Waals surface area contributed by atoms with Gasteiger partial charge in [-0.25, -0.2) is 0 Å². The first kappa shape index (κ1) is 13.2. The highest BCUT2D eigenvalue weighted by molar-refractivity contribution is 5.30. The molecule has 0 unspecified atom stereocenters. The van der Waals surface area contributed by atoms with Crippen molar-refractivity contribution in [2.75, 3.05) is 0 Å². The SMILES string of the molecule is CC(C)CC[C@@H]1N[C@H]2CC[C@@H]1Cc1ccccc1C2. The molecular formula is C18H27N. The molecule has 1 heteroatoms. The predicted molar refractivity (Wildman–Crippen MR) is 81.4 cm³/mol. The number of fused-ring (bicyclic) bond motifs is 2. The molecule has 1 aliphatic carbocycles. The van der Waals surface area contributed by atoms with Crippen LogP contribution in [0.2, 0.25) is 0 Å². The van der Waals surface area contributed by atoms with E-state index in [0.29, 0.717) is 0 Å². The fourth-order valence-electron chi connectivity index (χ4n) is 3.88. The van der Waals surface area contributed by atoms with Crippen LogP contribution >= 0.6 is 0 Å². The Balaban J connectivity index is 1.77. The van der Waals surface area contributed by atoms with Gasteiger partial charge in [-0.3, -0.25) is 0 Å². The molecule has 0 spiro atoms. The molecule has 3 atom stereocenters. The Bertz CT molecular complexity index is 423. The lowest BCUT2D eigenvalue weighted by Crippen LogP contribution is -2.50. The maximum atomic E-state index is 3.95. The zero-order valence-corrected chi connectivity index (χ0v) is 12.4. The second-order valence-electron chi connectivity index (χ2n) is 6.96. The van der Waals surface area contributed by atoms with Crippen LogP contribution in [0.1, 0.15) is 50.7 Å². The first-order chi connectivity index (χ1) is 9.22. The van der Waals surface area contributed by atoms with Gasteiger partial charge < -0.3 is 5.32 Å². The van der Waals surface area contributed by atoms with Crippen molar-refractivity contribution in [2.24, 2.45) is 11.8 Å². The highest BCUT2D eigenvalue weighted by atomic mass is 15.0. The molecule has 19 heavy (non-hydrogen) atoms. The average Bonchev–Trinajstić information content (AvgIpc) is 2.36. The summed E-state index contributed by atoms with van der Waals surface area (Å²) in [5.74, 6) is 1.69. The Morgan fingerprint density at radius 2 is 1.84 bits per heavy atom. The average molecular weight is 257 g/mol. The van der Waals surface area contributed by atoms with E-state index in [4.69, 9.17) is 0 Å². The third kappa shape index (κ3) is 3.02. The first-order valence-corrected chi connectivity index (χ1v) is 8.05. The second kappa shape index (κ2) is 5.66. The van der Waals surface area contributed by atoms with Gasteiger partial charge in [-0.15, -0.1) is 0 Å². The number of nitrogens with one attached hydrogen (secondary N) is 1. The molecule has 0 saturated carbocycles. The van der Waals surface area contributed by atoms with Crippen LogP contribution in [0.25, 0.3) is 0 Å². The highest BCUT2D eigenvalue weighted by Gasteiger charge is 2.32. The van der Waals surface area contributed by atoms with Crippen LogP contribution in [0.5, 0.6) is 0 Å². The number of hydrogen-bond acceptors (Lipinski definition) is 1. The molecule has 1 aromatic carbocycles. The molecule has 104 valence electrons. The molecule has 4 rings (SSSR count). The summed E-state index contributed by atoms with van der Waals surface area (Å²) in [7, 11) is 0. The fraction of sp³-hybridized carbons (Fsp3) is 0.667. The Labute approximate surface area is 117 Å². The summed E-state index contributed by atoms with van der Waals surface area (Å²) in [5, 5.41) is 3.95. The third-order valence-corrected chi connectivity index (χ3v) is 5.03. The lowest BCUT2D eigenvalue weighted by molar-refractivity contribution is 0.202. The largest absolute Gasteiger partial charge is 0.311 e. The van der Waals surface area contributed by atoms with Crippen molar-refractivity contribution in [3.63, 3.8) is 0 Å². The van der Waals surface area contributed by atoms with E-state index in [0.717, 1.165) is 23.9 Å². The van der Waals surface area contributed by atoms with Gasteiger partial charge in [-0.1, -0.05) is 38.1 Å². The maximum Gasteiger partial charge on any atom is 0.0110 e. The van der Waals surface area contributed by atoms with Crippen molar-refractivity contribution in [2.45, 2.75) is 64.5 Å². The standard InChI is InChI=1S/C18H27N/c1-13(2)7-10-18-16-8-9-17(19-18)12-15-6-4-3-5-14(15)11-16/h3-6,13,16-19H,7-12H2,1-2H3/t16-,17+,18+/m1/s1. The smallest absolute Gasteiger partial charge is 0.0110 e. The summed E-state index contributed by atoms with van der Waals surface area (Å²) < 4.78 is 0. The van der Waals surface area contributed by atoms with Crippen LogP contribution in [0.4, 0.5) is 0 Å². The minimum absolute atomic E-state index is 0.717. The molecular weight excluding hydrogens is 230 g/mol. The molecule has 1 saturated heterocycles. The highest BCUT2D eigenvalue weighted by Crippen LogP contribution is 2.32. The Hall–Kier alpha value is -0.820. The van der Waals surface area contributed by atoms with Gasteiger partial charge in [-0.05, 0) is 61.5 Å². The summed E-state index contributed by atoms with van der Waals surface area (Å²) in [4.78, 5) is 0. The van der Waals surface area contributed by atoms with E-state index in [2.05, 4.69) is 43.4 Å². The van der Waals surface area contributed by atoms with E-state index in [1.807, 2.05) is 0 Å². The Morgan fingerprint density at radius 1 is 1.11 bits per heavy atom. The fourth-order valence-corrected chi connectivity index (χ4v) is 3.88. The molecule has 0 amide bonds. The van der Waals surface area contributed by atoms with Crippen molar-refractivity contribution in [1.29, 1.82) is 0 Å². The van der Waals surface area contributed by atoms with Crippen molar-refractivity contribution in [3.05, 3.63) is 35.4 Å². The molecule has 3 aliphatic rings. The number of benzene rings is 1. The predicted octanol–water partition coefficient (Wildman–Crippen LogP) is 3.96. The topological polar surface area (TPSA) is 12.0 Å². The third-order valence-electron chi connectivity index (χ3n) is 5.03. The lowest BCUT2D eigenvalue weighted by atomic mass is 9.75. The summed E-state index contributed by atoms with van der Waals surface area (Å²) in [6.45, 7) is 4.69. The van der Waals surface area contributed by atoms with E-state index in [1.165, 1.54) is 38.5 Å². The van der Waals surface area contributed by atoms with E-state index in [-0.39, 0.29) is 0 Å². The van der Waals surface area contributed by atoms with Gasteiger partial charge >= 0.3 is 0 Å². The summed E-state index contributed by atoms with van der Waals surface area (Å²) in [6, 6.07) is 10.6. The van der Waals surface area contributed by atoms with Crippen molar-refractivity contribution in [3.8, 4) is 0 Å². The van der Waals surface area contributed by atoms with Crippen LogP contribution in [0.15, 0.2) is 24.3 Å². The van der Waals surface area contributed by atoms with Gasteiger partial charge in [0.1, 0.15) is 0 Å². The first-order valence-electron chi connectivity index (χ1n) is 8.05. The molecule has 0 radical (unpaired) electrons. The number of piperidine rings is 1. The zero-order valence-electron chi connectivity index (χ0n) is 12.4. The van der Waals surface area contributed by atoms with Crippen LogP contribution in [-0.4, -0.2) is 12.1 Å². The van der Waals surface area contributed by atoms with Crippen LogP contribution in [0.3, 0.4) is 0 Å². The van der Waals surface area contributed by atoms with Crippen LogP contribution in [0, 0.1) is 11.8 Å². The Morgan fingerprint density at radius 3 is 2.58 bits per heavy atom. The van der Waals surface area contributed by atoms with Gasteiger partial charge in [0.2, 0.25) is 0 Å². The molecule has 1 fully saturated rings. The minimum Gasteiger partial charge on any atom is -0.311 e. The van der Waals surface area contributed by atoms with Gasteiger partial charge in [-0.2, -0.15) is 0 Å². The van der Waals surface area contributed by atoms with Gasteiger partial charge in [0.15, 0.2) is 0 Å². The van der Waals surface area contributed by atoms with Gasteiger partial charge in [0.25, 0.3) is 0 Å². The Kier molecular flexibility index (Phi) is 3.93. The molecule has 0 aromatic heterocycles. The lowest BCUT2D eigenvalue weighted by Gasteiger charge is -2.41. The molecule has 1 nitrogen and oxygen atoms in total. The van der Waals surface area contributed by atoms with Crippen LogP contribution in [-0.2, 0) is 12.8 Å². The quantitative estimate of drug-likeness (QED) is 0.864. The maximum absolute atomic E-state index is 3.95. The van der Waals surface area contributed by atoms with Crippen LogP contribution < -0.4 is 5.32 Å². The van der Waals surface area contributed by atoms with Gasteiger partial charge in [0.05, 0.1) is 0 Å². The molecule has 2 aliphatic heterocycles. The summed E-state index contributed by atoms with van der Waals surface area (Å²) in [6.07, 6.45) is 8.05. The molecule has 1 aromatic rings. The summed E-state index contributed by atoms with van der Waals surface area (Å²) in [5.41, 5.74) is 3.21.